The van der Waals surface area contributed by atoms with E-state index in [1.165, 1.54) is 12.1 Å². The molecule has 0 fully saturated rings. The highest BCUT2D eigenvalue weighted by Crippen LogP contribution is 2.25. The Balaban J connectivity index is 2.82. The Hall–Kier alpha value is -1.26. The average Bonchev–Trinajstić information content (AvgIpc) is 2.18. The number of carboxylic acids is 1. The summed E-state index contributed by atoms with van der Waals surface area (Å²) in [5.41, 5.74) is 0.158. The molecule has 1 aromatic carbocycles. The van der Waals surface area contributed by atoms with Crippen LogP contribution in [-0.2, 0) is 4.79 Å². The van der Waals surface area contributed by atoms with Gasteiger partial charge in [-0.15, -0.1) is 0 Å². The molecule has 0 aromatic heterocycles. The van der Waals surface area contributed by atoms with Gasteiger partial charge in [0.15, 0.2) is 0 Å². The van der Waals surface area contributed by atoms with Gasteiger partial charge in [-0.3, -0.25) is 9.59 Å². The number of aliphatic carboxylic acids is 1. The van der Waals surface area contributed by atoms with Crippen LogP contribution in [0.1, 0.15) is 10.4 Å². The highest BCUT2D eigenvalue weighted by atomic mass is 35.5. The molecule has 0 heterocycles. The van der Waals surface area contributed by atoms with Gasteiger partial charge >= 0.3 is 5.97 Å². The third kappa shape index (κ3) is 3.11. The maximum absolute atomic E-state index is 11.4. The third-order valence-electron chi connectivity index (χ3n) is 1.60. The molecule has 4 nitrogen and oxygen atoms in total. The number of benzene rings is 1. The first-order chi connectivity index (χ1) is 7.02. The van der Waals surface area contributed by atoms with Gasteiger partial charge in [0.25, 0.3) is 5.91 Å². The van der Waals surface area contributed by atoms with E-state index < -0.39 is 18.4 Å². The van der Waals surface area contributed by atoms with E-state index in [9.17, 15) is 9.59 Å². The fourth-order valence-electron chi connectivity index (χ4n) is 0.930. The molecule has 1 rings (SSSR count). The Bertz CT molecular complexity index is 406. The molecule has 0 atom stereocenters. The molecular weight excluding hydrogens is 241 g/mol. The smallest absolute Gasteiger partial charge is 0.322 e. The van der Waals surface area contributed by atoms with Gasteiger partial charge in [-0.05, 0) is 12.1 Å². The zero-order chi connectivity index (χ0) is 11.4. The van der Waals surface area contributed by atoms with Crippen molar-refractivity contribution in [2.75, 3.05) is 6.54 Å². The van der Waals surface area contributed by atoms with Crippen molar-refractivity contribution in [2.45, 2.75) is 0 Å². The summed E-state index contributed by atoms with van der Waals surface area (Å²) in [5.74, 6) is -1.69. The van der Waals surface area contributed by atoms with Crippen LogP contribution in [0.2, 0.25) is 10.0 Å². The second-order valence-corrected chi connectivity index (χ2v) is 3.46. The van der Waals surface area contributed by atoms with Crippen molar-refractivity contribution in [1.82, 2.24) is 5.32 Å². The van der Waals surface area contributed by atoms with Crippen LogP contribution in [0, 0.1) is 0 Å². The van der Waals surface area contributed by atoms with E-state index in [1.807, 2.05) is 0 Å². The molecule has 0 unspecified atom stereocenters. The molecule has 0 aliphatic heterocycles. The Morgan fingerprint density at radius 2 is 2.00 bits per heavy atom. The molecule has 1 aromatic rings. The average molecular weight is 248 g/mol. The fraction of sp³-hybridized carbons (Fsp3) is 0.111. The number of halogens is 2. The Labute approximate surface area is 95.8 Å². The molecule has 0 aliphatic carbocycles. The lowest BCUT2D eigenvalue weighted by atomic mass is 10.2. The molecule has 80 valence electrons. The van der Waals surface area contributed by atoms with Crippen LogP contribution in [0.15, 0.2) is 18.2 Å². The van der Waals surface area contributed by atoms with E-state index in [0.717, 1.165) is 0 Å². The number of hydrogen-bond donors (Lipinski definition) is 2. The molecule has 0 aliphatic rings. The standard InChI is InChI=1S/C9H7Cl2NO3/c10-6-3-1-2-5(8(6)11)9(15)12-4-7(13)14/h1-3H,4H2,(H,12,15)(H,13,14). The van der Waals surface area contributed by atoms with Gasteiger partial charge in [-0.25, -0.2) is 0 Å². The van der Waals surface area contributed by atoms with Crippen molar-refractivity contribution in [3.63, 3.8) is 0 Å². The summed E-state index contributed by atoms with van der Waals surface area (Å²) in [7, 11) is 0. The minimum Gasteiger partial charge on any atom is -0.480 e. The van der Waals surface area contributed by atoms with Gasteiger partial charge in [0.05, 0.1) is 15.6 Å². The van der Waals surface area contributed by atoms with Gasteiger partial charge < -0.3 is 10.4 Å². The van der Waals surface area contributed by atoms with Crippen LogP contribution in [0.3, 0.4) is 0 Å². The van der Waals surface area contributed by atoms with E-state index in [1.54, 1.807) is 6.07 Å². The molecule has 0 bridgehead atoms. The lowest BCUT2D eigenvalue weighted by Gasteiger charge is -2.05. The SMILES string of the molecule is O=C(O)CNC(=O)c1cccc(Cl)c1Cl. The summed E-state index contributed by atoms with van der Waals surface area (Å²) in [5, 5.41) is 10.9. The van der Waals surface area contributed by atoms with E-state index in [2.05, 4.69) is 5.32 Å². The van der Waals surface area contributed by atoms with E-state index in [0.29, 0.717) is 0 Å². The Morgan fingerprint density at radius 1 is 1.33 bits per heavy atom. The highest BCUT2D eigenvalue weighted by Gasteiger charge is 2.12. The summed E-state index contributed by atoms with van der Waals surface area (Å²) in [4.78, 5) is 21.6. The number of nitrogens with one attached hydrogen (secondary N) is 1. The lowest BCUT2D eigenvalue weighted by Crippen LogP contribution is -2.29. The van der Waals surface area contributed by atoms with Crippen molar-refractivity contribution < 1.29 is 14.7 Å². The molecule has 6 heteroatoms. The van der Waals surface area contributed by atoms with Gasteiger partial charge in [0, 0.05) is 0 Å². The monoisotopic (exact) mass is 247 g/mol. The van der Waals surface area contributed by atoms with Crippen LogP contribution in [0.25, 0.3) is 0 Å². The highest BCUT2D eigenvalue weighted by molar-refractivity contribution is 6.43. The number of rotatable bonds is 3. The predicted octanol–water partition coefficient (Wildman–Crippen LogP) is 1.81. The van der Waals surface area contributed by atoms with Crippen LogP contribution in [0.5, 0.6) is 0 Å². The second kappa shape index (κ2) is 5.00. The molecule has 2 N–H and O–H groups in total. The van der Waals surface area contributed by atoms with E-state index >= 15 is 0 Å². The second-order valence-electron chi connectivity index (χ2n) is 2.68. The van der Waals surface area contributed by atoms with Gasteiger partial charge in [0.2, 0.25) is 0 Å². The van der Waals surface area contributed by atoms with E-state index in [-0.39, 0.29) is 15.6 Å². The van der Waals surface area contributed by atoms with Crippen molar-refractivity contribution in [3.05, 3.63) is 33.8 Å². The minimum atomic E-state index is -1.12. The van der Waals surface area contributed by atoms with Crippen LogP contribution >= 0.6 is 23.2 Å². The molecule has 0 radical (unpaired) electrons. The number of amides is 1. The van der Waals surface area contributed by atoms with E-state index in [4.69, 9.17) is 28.3 Å². The first-order valence-corrected chi connectivity index (χ1v) is 4.72. The minimum absolute atomic E-state index is 0.113. The van der Waals surface area contributed by atoms with Crippen LogP contribution in [-0.4, -0.2) is 23.5 Å². The summed E-state index contributed by atoms with van der Waals surface area (Å²) >= 11 is 11.5. The van der Waals surface area contributed by atoms with Crippen LogP contribution in [0.4, 0.5) is 0 Å². The lowest BCUT2D eigenvalue weighted by molar-refractivity contribution is -0.135. The molecular formula is C9H7Cl2NO3. The Morgan fingerprint density at radius 3 is 2.60 bits per heavy atom. The summed E-state index contributed by atoms with van der Waals surface area (Å²) in [6.07, 6.45) is 0. The third-order valence-corrected chi connectivity index (χ3v) is 2.42. The first-order valence-electron chi connectivity index (χ1n) is 3.96. The maximum Gasteiger partial charge on any atom is 0.322 e. The maximum atomic E-state index is 11.4. The normalized spacial score (nSPS) is 9.73. The molecule has 0 saturated heterocycles. The summed E-state index contributed by atoms with van der Waals surface area (Å²) in [6.45, 7) is -0.457. The fourth-order valence-corrected chi connectivity index (χ4v) is 1.32. The Kier molecular flexibility index (Phi) is 3.94. The zero-order valence-electron chi connectivity index (χ0n) is 7.46. The molecule has 0 spiro atoms. The van der Waals surface area contributed by atoms with Crippen molar-refractivity contribution >= 4 is 35.1 Å². The molecule has 15 heavy (non-hydrogen) atoms. The van der Waals surface area contributed by atoms with Crippen LogP contribution < -0.4 is 5.32 Å². The summed E-state index contributed by atoms with van der Waals surface area (Å²) < 4.78 is 0. The number of hydrogen-bond acceptors (Lipinski definition) is 2. The van der Waals surface area contributed by atoms with Crippen molar-refractivity contribution in [2.24, 2.45) is 0 Å². The quantitative estimate of drug-likeness (QED) is 0.857. The van der Waals surface area contributed by atoms with Crippen molar-refractivity contribution in [1.29, 1.82) is 0 Å². The molecule has 0 saturated carbocycles. The molecule has 1 amide bonds. The van der Waals surface area contributed by atoms with Gasteiger partial charge in [-0.2, -0.15) is 0 Å². The first kappa shape index (κ1) is 11.8. The number of carbonyl (C=O) groups excluding carboxylic acids is 1. The van der Waals surface area contributed by atoms with Gasteiger partial charge in [-0.1, -0.05) is 29.3 Å². The largest absolute Gasteiger partial charge is 0.480 e. The number of carboxylic acid groups (broad SMARTS) is 1. The number of carbonyl (C=O) groups is 2. The predicted molar refractivity (Wildman–Crippen MR) is 56.4 cm³/mol. The summed E-state index contributed by atoms with van der Waals surface area (Å²) in [6, 6.07) is 4.56. The van der Waals surface area contributed by atoms with Gasteiger partial charge in [0.1, 0.15) is 6.54 Å². The zero-order valence-corrected chi connectivity index (χ0v) is 8.97. The topological polar surface area (TPSA) is 66.4 Å². The van der Waals surface area contributed by atoms with Crippen molar-refractivity contribution in [3.8, 4) is 0 Å².